The molecule has 0 aliphatic heterocycles. The van der Waals surface area contributed by atoms with Crippen LogP contribution in [0.15, 0.2) is 18.2 Å². The van der Waals surface area contributed by atoms with E-state index in [1.165, 1.54) is 0 Å². The molecular weight excluding hydrogens is 302 g/mol. The van der Waals surface area contributed by atoms with Gasteiger partial charge in [0.2, 0.25) is 5.91 Å². The van der Waals surface area contributed by atoms with Gasteiger partial charge in [-0.2, -0.15) is 0 Å². The van der Waals surface area contributed by atoms with Crippen LogP contribution in [0.4, 0.5) is 5.69 Å². The number of carbonyl (C=O) groups is 2. The molecule has 122 valence electrons. The Bertz CT molecular complexity index is 534. The summed E-state index contributed by atoms with van der Waals surface area (Å²) in [5.74, 6) is -0.385. The molecule has 2 amide bonds. The van der Waals surface area contributed by atoms with Gasteiger partial charge in [0.1, 0.15) is 0 Å². The Kier molecular flexibility index (Phi) is 7.35. The van der Waals surface area contributed by atoms with Crippen LogP contribution in [0, 0.1) is 5.92 Å². The van der Waals surface area contributed by atoms with Crippen molar-refractivity contribution in [2.24, 2.45) is 11.7 Å². The summed E-state index contributed by atoms with van der Waals surface area (Å²) >= 11 is 6.11. The molecule has 0 aromatic heterocycles. The summed E-state index contributed by atoms with van der Waals surface area (Å²) in [6, 6.07) is 4.23. The van der Waals surface area contributed by atoms with E-state index < -0.39 is 6.04 Å². The van der Waals surface area contributed by atoms with Crippen molar-refractivity contribution in [1.29, 1.82) is 0 Å². The molecule has 0 saturated heterocycles. The highest BCUT2D eigenvalue weighted by atomic mass is 35.5. The van der Waals surface area contributed by atoms with Crippen molar-refractivity contribution in [2.75, 3.05) is 11.9 Å². The largest absolute Gasteiger partial charge is 0.352 e. The van der Waals surface area contributed by atoms with Gasteiger partial charge >= 0.3 is 0 Å². The minimum absolute atomic E-state index is 0.0922. The van der Waals surface area contributed by atoms with Crippen molar-refractivity contribution in [3.63, 3.8) is 0 Å². The summed E-state index contributed by atoms with van der Waals surface area (Å²) < 4.78 is 0. The molecule has 2 atom stereocenters. The number of rotatable bonds is 7. The predicted octanol–water partition coefficient (Wildman–Crippen LogP) is 2.79. The van der Waals surface area contributed by atoms with Crippen LogP contribution >= 0.6 is 11.6 Å². The standard InChI is InChI=1S/C16H24ClN3O2/c1-4-8-19-15(21)12-7-6-11(9-13(12)17)20-16(22)14(18)10(3)5-2/h6-7,9-10,14H,4-5,8,18H2,1-3H3,(H,19,21)(H,20,22). The molecule has 0 aliphatic carbocycles. The van der Waals surface area contributed by atoms with E-state index >= 15 is 0 Å². The number of carbonyl (C=O) groups excluding carboxylic acids is 2. The average Bonchev–Trinajstić information content (AvgIpc) is 2.51. The molecule has 2 unspecified atom stereocenters. The van der Waals surface area contributed by atoms with Gasteiger partial charge in [-0.15, -0.1) is 0 Å². The number of amides is 2. The molecule has 0 bridgehead atoms. The molecule has 1 aromatic carbocycles. The van der Waals surface area contributed by atoms with E-state index in [9.17, 15) is 9.59 Å². The van der Waals surface area contributed by atoms with Crippen LogP contribution in [0.3, 0.4) is 0 Å². The van der Waals surface area contributed by atoms with Gasteiger partial charge < -0.3 is 16.4 Å². The zero-order chi connectivity index (χ0) is 16.7. The Morgan fingerprint density at radius 2 is 2.00 bits per heavy atom. The second kappa shape index (κ2) is 8.76. The first-order valence-electron chi connectivity index (χ1n) is 7.54. The molecule has 0 spiro atoms. The van der Waals surface area contributed by atoms with Crippen molar-refractivity contribution in [2.45, 2.75) is 39.7 Å². The van der Waals surface area contributed by atoms with Crippen LogP contribution in [-0.4, -0.2) is 24.4 Å². The van der Waals surface area contributed by atoms with Crippen molar-refractivity contribution in [1.82, 2.24) is 5.32 Å². The van der Waals surface area contributed by atoms with Crippen LogP contribution < -0.4 is 16.4 Å². The predicted molar refractivity (Wildman–Crippen MR) is 90.1 cm³/mol. The normalized spacial score (nSPS) is 13.3. The third kappa shape index (κ3) is 5.00. The lowest BCUT2D eigenvalue weighted by molar-refractivity contribution is -0.118. The number of hydrogen-bond donors (Lipinski definition) is 3. The lowest BCUT2D eigenvalue weighted by atomic mass is 9.99. The number of nitrogens with two attached hydrogens (primary N) is 1. The Hall–Kier alpha value is -1.59. The Morgan fingerprint density at radius 3 is 2.55 bits per heavy atom. The van der Waals surface area contributed by atoms with E-state index in [4.69, 9.17) is 17.3 Å². The number of hydrogen-bond acceptors (Lipinski definition) is 3. The molecule has 4 N–H and O–H groups in total. The Labute approximate surface area is 136 Å². The van der Waals surface area contributed by atoms with Crippen LogP contribution in [0.25, 0.3) is 0 Å². The smallest absolute Gasteiger partial charge is 0.252 e. The third-order valence-corrected chi connectivity index (χ3v) is 3.89. The zero-order valence-electron chi connectivity index (χ0n) is 13.3. The zero-order valence-corrected chi connectivity index (χ0v) is 14.0. The van der Waals surface area contributed by atoms with Gasteiger partial charge in [0, 0.05) is 12.2 Å². The van der Waals surface area contributed by atoms with Crippen molar-refractivity contribution in [3.05, 3.63) is 28.8 Å². The van der Waals surface area contributed by atoms with Crippen molar-refractivity contribution >= 4 is 29.1 Å². The third-order valence-electron chi connectivity index (χ3n) is 3.58. The summed E-state index contributed by atoms with van der Waals surface area (Å²) in [5.41, 5.74) is 6.80. The van der Waals surface area contributed by atoms with E-state index in [2.05, 4.69) is 10.6 Å². The second-order valence-corrected chi connectivity index (χ2v) is 5.76. The minimum atomic E-state index is -0.573. The quantitative estimate of drug-likeness (QED) is 0.720. The monoisotopic (exact) mass is 325 g/mol. The molecular formula is C16H24ClN3O2. The van der Waals surface area contributed by atoms with E-state index in [1.807, 2.05) is 20.8 Å². The maximum atomic E-state index is 12.0. The van der Waals surface area contributed by atoms with Crippen LogP contribution in [0.5, 0.6) is 0 Å². The SMILES string of the molecule is CCCNC(=O)c1ccc(NC(=O)C(N)C(C)CC)cc1Cl. The molecule has 22 heavy (non-hydrogen) atoms. The fourth-order valence-electron chi connectivity index (χ4n) is 1.85. The molecule has 0 fully saturated rings. The highest BCUT2D eigenvalue weighted by Crippen LogP contribution is 2.21. The van der Waals surface area contributed by atoms with Crippen LogP contribution in [-0.2, 0) is 4.79 Å². The maximum Gasteiger partial charge on any atom is 0.252 e. The van der Waals surface area contributed by atoms with E-state index in [0.29, 0.717) is 22.8 Å². The first kappa shape index (κ1) is 18.5. The number of benzene rings is 1. The molecule has 1 aromatic rings. The second-order valence-electron chi connectivity index (χ2n) is 5.35. The molecule has 1 rings (SSSR count). The fourth-order valence-corrected chi connectivity index (χ4v) is 2.12. The first-order valence-corrected chi connectivity index (χ1v) is 7.92. The van der Waals surface area contributed by atoms with Gasteiger partial charge in [-0.05, 0) is 30.5 Å². The summed E-state index contributed by atoms with van der Waals surface area (Å²) in [4.78, 5) is 23.9. The first-order chi connectivity index (χ1) is 10.4. The topological polar surface area (TPSA) is 84.2 Å². The molecule has 0 radical (unpaired) electrons. The lowest BCUT2D eigenvalue weighted by Crippen LogP contribution is -2.40. The summed E-state index contributed by atoms with van der Waals surface area (Å²) in [6.07, 6.45) is 1.68. The van der Waals surface area contributed by atoms with Gasteiger partial charge in [0.25, 0.3) is 5.91 Å². The highest BCUT2D eigenvalue weighted by Gasteiger charge is 2.20. The van der Waals surface area contributed by atoms with Gasteiger partial charge in [0.05, 0.1) is 16.6 Å². The average molecular weight is 326 g/mol. The highest BCUT2D eigenvalue weighted by molar-refractivity contribution is 6.34. The molecule has 0 saturated carbocycles. The molecule has 0 heterocycles. The van der Waals surface area contributed by atoms with Gasteiger partial charge in [-0.3, -0.25) is 9.59 Å². The fraction of sp³-hybridized carbons (Fsp3) is 0.500. The molecule has 0 aliphatic rings. The van der Waals surface area contributed by atoms with E-state index in [-0.39, 0.29) is 17.7 Å². The minimum Gasteiger partial charge on any atom is -0.352 e. The van der Waals surface area contributed by atoms with Crippen molar-refractivity contribution in [3.8, 4) is 0 Å². The summed E-state index contributed by atoms with van der Waals surface area (Å²) in [5, 5.41) is 5.78. The van der Waals surface area contributed by atoms with Gasteiger partial charge in [-0.25, -0.2) is 0 Å². The van der Waals surface area contributed by atoms with Crippen LogP contribution in [0.1, 0.15) is 44.0 Å². The molecule has 5 nitrogen and oxygen atoms in total. The van der Waals surface area contributed by atoms with Crippen LogP contribution in [0.2, 0.25) is 5.02 Å². The summed E-state index contributed by atoms with van der Waals surface area (Å²) in [7, 11) is 0. The maximum absolute atomic E-state index is 12.0. The van der Waals surface area contributed by atoms with E-state index in [0.717, 1.165) is 12.8 Å². The summed E-state index contributed by atoms with van der Waals surface area (Å²) in [6.45, 7) is 6.48. The number of nitrogens with one attached hydrogen (secondary N) is 2. The van der Waals surface area contributed by atoms with Gasteiger partial charge in [0.15, 0.2) is 0 Å². The van der Waals surface area contributed by atoms with E-state index in [1.54, 1.807) is 18.2 Å². The Balaban J connectivity index is 2.77. The van der Waals surface area contributed by atoms with Gasteiger partial charge in [-0.1, -0.05) is 38.8 Å². The molecule has 6 heteroatoms. The Morgan fingerprint density at radius 1 is 1.32 bits per heavy atom. The lowest BCUT2D eigenvalue weighted by Gasteiger charge is -2.18. The number of halogens is 1. The van der Waals surface area contributed by atoms with Crippen molar-refractivity contribution < 1.29 is 9.59 Å². The number of anilines is 1.